The first-order valence-corrected chi connectivity index (χ1v) is 6.54. The first kappa shape index (κ1) is 15.7. The highest BCUT2D eigenvalue weighted by Crippen LogP contribution is 2.14. The molecule has 0 atom stereocenters. The molecular weight excluding hydrogens is 240 g/mol. The summed E-state index contributed by atoms with van der Waals surface area (Å²) in [6, 6.07) is 7.61. The van der Waals surface area contributed by atoms with Crippen LogP contribution >= 0.6 is 0 Å². The maximum atomic E-state index is 11.0. The van der Waals surface area contributed by atoms with Crippen LogP contribution in [0.1, 0.15) is 43.6 Å². The third-order valence-corrected chi connectivity index (χ3v) is 2.94. The van der Waals surface area contributed by atoms with Crippen LogP contribution in [0.15, 0.2) is 24.3 Å². The van der Waals surface area contributed by atoms with Crippen molar-refractivity contribution in [3.63, 3.8) is 0 Å². The highest BCUT2D eigenvalue weighted by molar-refractivity contribution is 5.92. The molecule has 0 aliphatic carbocycles. The molecule has 1 aromatic rings. The molecule has 0 heterocycles. The minimum Gasteiger partial charge on any atom is -0.389 e. The van der Waals surface area contributed by atoms with Crippen molar-refractivity contribution >= 4 is 5.91 Å². The zero-order chi connectivity index (χ0) is 14.6. The van der Waals surface area contributed by atoms with Crippen LogP contribution in [-0.4, -0.2) is 34.1 Å². The molecular formula is C15H24N2O2. The van der Waals surface area contributed by atoms with Crippen molar-refractivity contribution in [2.24, 2.45) is 5.73 Å². The van der Waals surface area contributed by atoms with Crippen molar-refractivity contribution in [1.82, 2.24) is 4.90 Å². The SMILES string of the molecule is CC(C)N(Cc1ccc(C(N)=O)cc1)CC(C)(C)O. The summed E-state index contributed by atoms with van der Waals surface area (Å²) in [4.78, 5) is 13.2. The molecule has 0 radical (unpaired) electrons. The lowest BCUT2D eigenvalue weighted by Gasteiger charge is -2.32. The van der Waals surface area contributed by atoms with Crippen molar-refractivity contribution in [3.8, 4) is 0 Å². The van der Waals surface area contributed by atoms with Crippen molar-refractivity contribution in [1.29, 1.82) is 0 Å². The highest BCUT2D eigenvalue weighted by atomic mass is 16.3. The molecule has 1 rings (SSSR count). The van der Waals surface area contributed by atoms with Gasteiger partial charge >= 0.3 is 0 Å². The van der Waals surface area contributed by atoms with Gasteiger partial charge in [0, 0.05) is 24.7 Å². The van der Waals surface area contributed by atoms with Gasteiger partial charge in [0.15, 0.2) is 0 Å². The molecule has 0 saturated heterocycles. The van der Waals surface area contributed by atoms with Crippen LogP contribution in [0.25, 0.3) is 0 Å². The van der Waals surface area contributed by atoms with Crippen LogP contribution in [0.5, 0.6) is 0 Å². The summed E-state index contributed by atoms with van der Waals surface area (Å²) >= 11 is 0. The number of primary amides is 1. The van der Waals surface area contributed by atoms with E-state index in [1.165, 1.54) is 0 Å². The first-order chi connectivity index (χ1) is 8.69. The third kappa shape index (κ3) is 5.41. The van der Waals surface area contributed by atoms with Crippen LogP contribution in [-0.2, 0) is 6.54 Å². The van der Waals surface area contributed by atoms with E-state index in [1.54, 1.807) is 26.0 Å². The zero-order valence-electron chi connectivity index (χ0n) is 12.2. The van der Waals surface area contributed by atoms with Crippen LogP contribution in [0.4, 0.5) is 0 Å². The second kappa shape index (κ2) is 6.17. The Bertz CT molecular complexity index is 419. The van der Waals surface area contributed by atoms with E-state index in [0.717, 1.165) is 12.1 Å². The average molecular weight is 264 g/mol. The largest absolute Gasteiger partial charge is 0.389 e. The number of carbonyl (C=O) groups is 1. The predicted octanol–water partition coefficient (Wildman–Crippen LogP) is 1.77. The van der Waals surface area contributed by atoms with Gasteiger partial charge in [-0.25, -0.2) is 0 Å². The molecule has 19 heavy (non-hydrogen) atoms. The van der Waals surface area contributed by atoms with E-state index >= 15 is 0 Å². The Hall–Kier alpha value is -1.39. The number of amides is 1. The quantitative estimate of drug-likeness (QED) is 0.823. The lowest BCUT2D eigenvalue weighted by atomic mass is 10.1. The summed E-state index contributed by atoms with van der Waals surface area (Å²) in [5.74, 6) is -0.413. The van der Waals surface area contributed by atoms with Crippen molar-refractivity contribution in [2.75, 3.05) is 6.54 Å². The zero-order valence-corrected chi connectivity index (χ0v) is 12.2. The van der Waals surface area contributed by atoms with E-state index < -0.39 is 11.5 Å². The maximum absolute atomic E-state index is 11.0. The first-order valence-electron chi connectivity index (χ1n) is 6.54. The summed E-state index contributed by atoms with van der Waals surface area (Å²) in [5, 5.41) is 9.93. The van der Waals surface area contributed by atoms with Crippen molar-refractivity contribution < 1.29 is 9.90 Å². The number of nitrogens with two attached hydrogens (primary N) is 1. The van der Waals surface area contributed by atoms with Gasteiger partial charge < -0.3 is 10.8 Å². The number of rotatable bonds is 6. The fourth-order valence-corrected chi connectivity index (χ4v) is 1.93. The second-order valence-electron chi connectivity index (χ2n) is 5.87. The lowest BCUT2D eigenvalue weighted by Crippen LogP contribution is -2.41. The molecule has 1 amide bonds. The molecule has 0 aliphatic rings. The minimum atomic E-state index is -0.725. The summed E-state index contributed by atoms with van der Waals surface area (Å²) in [6.45, 7) is 9.15. The molecule has 0 saturated carbocycles. The van der Waals surface area contributed by atoms with E-state index in [0.29, 0.717) is 18.2 Å². The number of carbonyl (C=O) groups excluding carboxylic acids is 1. The van der Waals surface area contributed by atoms with E-state index in [9.17, 15) is 9.90 Å². The summed E-state index contributed by atoms with van der Waals surface area (Å²) in [6.07, 6.45) is 0. The average Bonchev–Trinajstić information content (AvgIpc) is 2.27. The van der Waals surface area contributed by atoms with Crippen LogP contribution in [0, 0.1) is 0 Å². The van der Waals surface area contributed by atoms with Gasteiger partial charge in [-0.15, -0.1) is 0 Å². The minimum absolute atomic E-state index is 0.335. The number of nitrogens with zero attached hydrogens (tertiary/aromatic N) is 1. The van der Waals surface area contributed by atoms with Crippen LogP contribution in [0.2, 0.25) is 0 Å². The van der Waals surface area contributed by atoms with Gasteiger partial charge in [-0.1, -0.05) is 12.1 Å². The molecule has 0 unspecified atom stereocenters. The number of benzene rings is 1. The number of aliphatic hydroxyl groups is 1. The molecule has 0 aromatic heterocycles. The monoisotopic (exact) mass is 264 g/mol. The Labute approximate surface area is 115 Å². The van der Waals surface area contributed by atoms with Gasteiger partial charge in [0.2, 0.25) is 5.91 Å². The maximum Gasteiger partial charge on any atom is 0.248 e. The normalized spacial score (nSPS) is 12.2. The summed E-state index contributed by atoms with van der Waals surface area (Å²) < 4.78 is 0. The Balaban J connectivity index is 2.76. The molecule has 106 valence electrons. The van der Waals surface area contributed by atoms with Crippen LogP contribution in [0.3, 0.4) is 0 Å². The fourth-order valence-electron chi connectivity index (χ4n) is 1.93. The fraction of sp³-hybridized carbons (Fsp3) is 0.533. The Morgan fingerprint density at radius 1 is 1.32 bits per heavy atom. The van der Waals surface area contributed by atoms with Crippen molar-refractivity contribution in [2.45, 2.75) is 45.9 Å². The standard InChI is InChI=1S/C15H24N2O2/c1-11(2)17(10-15(3,4)19)9-12-5-7-13(8-6-12)14(16)18/h5-8,11,19H,9-10H2,1-4H3,(H2,16,18). The number of hydrogen-bond donors (Lipinski definition) is 2. The molecule has 4 nitrogen and oxygen atoms in total. The molecule has 0 fully saturated rings. The predicted molar refractivity (Wildman–Crippen MR) is 76.8 cm³/mol. The van der Waals surface area contributed by atoms with Gasteiger partial charge in [-0.3, -0.25) is 9.69 Å². The van der Waals surface area contributed by atoms with Gasteiger partial charge in [0.25, 0.3) is 0 Å². The molecule has 1 aromatic carbocycles. The second-order valence-corrected chi connectivity index (χ2v) is 5.87. The summed E-state index contributed by atoms with van der Waals surface area (Å²) in [5.41, 5.74) is 6.11. The Kier molecular flexibility index (Phi) is 5.09. The lowest BCUT2D eigenvalue weighted by molar-refractivity contribution is 0.0225. The van der Waals surface area contributed by atoms with Gasteiger partial charge in [-0.2, -0.15) is 0 Å². The Morgan fingerprint density at radius 3 is 2.21 bits per heavy atom. The molecule has 0 aliphatic heterocycles. The molecule has 4 heteroatoms. The molecule has 0 spiro atoms. The van der Waals surface area contributed by atoms with E-state index in [4.69, 9.17) is 5.73 Å². The number of hydrogen-bond acceptors (Lipinski definition) is 3. The topological polar surface area (TPSA) is 66.6 Å². The Morgan fingerprint density at radius 2 is 1.84 bits per heavy atom. The van der Waals surface area contributed by atoms with E-state index in [-0.39, 0.29) is 0 Å². The van der Waals surface area contributed by atoms with E-state index in [2.05, 4.69) is 18.7 Å². The third-order valence-electron chi connectivity index (χ3n) is 2.94. The molecule has 0 bridgehead atoms. The molecule has 3 N–H and O–H groups in total. The highest BCUT2D eigenvalue weighted by Gasteiger charge is 2.20. The van der Waals surface area contributed by atoms with Crippen molar-refractivity contribution in [3.05, 3.63) is 35.4 Å². The van der Waals surface area contributed by atoms with Gasteiger partial charge in [0.1, 0.15) is 0 Å². The smallest absolute Gasteiger partial charge is 0.248 e. The van der Waals surface area contributed by atoms with Gasteiger partial charge in [-0.05, 0) is 45.4 Å². The van der Waals surface area contributed by atoms with Gasteiger partial charge in [0.05, 0.1) is 5.60 Å². The summed E-state index contributed by atoms with van der Waals surface area (Å²) in [7, 11) is 0. The van der Waals surface area contributed by atoms with Crippen LogP contribution < -0.4 is 5.73 Å². The van der Waals surface area contributed by atoms with E-state index in [1.807, 2.05) is 12.1 Å².